The number of anilines is 1. The first kappa shape index (κ1) is 23.3. The maximum absolute atomic E-state index is 13.1. The van der Waals surface area contributed by atoms with Gasteiger partial charge in [0.2, 0.25) is 11.7 Å². The predicted octanol–water partition coefficient (Wildman–Crippen LogP) is 1.84. The molecule has 2 aromatic carbocycles. The molecule has 3 N–H and O–H groups in total. The summed E-state index contributed by atoms with van der Waals surface area (Å²) >= 11 is 0. The molecule has 0 bridgehead atoms. The molecule has 5 rings (SSSR count). The number of fused-ring (bicyclic) bond motifs is 1. The van der Waals surface area contributed by atoms with Crippen molar-refractivity contribution in [2.75, 3.05) is 18.6 Å². The molecule has 1 aromatic heterocycles. The molecule has 0 saturated heterocycles. The molecule has 10 nitrogen and oxygen atoms in total. The number of aromatic nitrogens is 3. The van der Waals surface area contributed by atoms with Gasteiger partial charge in [-0.3, -0.25) is 19.5 Å². The molecule has 3 aromatic rings. The Morgan fingerprint density at radius 3 is 2.75 bits per heavy atom. The van der Waals surface area contributed by atoms with E-state index >= 15 is 0 Å². The fraction of sp³-hybridized carbons (Fsp3) is 0.269. The summed E-state index contributed by atoms with van der Waals surface area (Å²) < 4.78 is 5.84. The first-order valence-electron chi connectivity index (χ1n) is 11.8. The highest BCUT2D eigenvalue weighted by Gasteiger charge is 2.31. The van der Waals surface area contributed by atoms with Crippen LogP contribution in [0.5, 0.6) is 5.75 Å². The number of nitrogens with one attached hydrogen (secondary N) is 3. The highest BCUT2D eigenvalue weighted by molar-refractivity contribution is 6.02. The molecule has 0 spiro atoms. The van der Waals surface area contributed by atoms with Crippen molar-refractivity contribution < 1.29 is 19.1 Å². The predicted molar refractivity (Wildman–Crippen MR) is 132 cm³/mol. The van der Waals surface area contributed by atoms with E-state index in [0.717, 1.165) is 24.0 Å². The van der Waals surface area contributed by atoms with Crippen LogP contribution in [0.2, 0.25) is 0 Å². The minimum absolute atomic E-state index is 0.0395. The number of hydrogen-bond acceptors (Lipinski definition) is 6. The van der Waals surface area contributed by atoms with Crippen molar-refractivity contribution in [1.82, 2.24) is 25.8 Å². The number of amides is 3. The van der Waals surface area contributed by atoms with Crippen LogP contribution in [0, 0.1) is 0 Å². The van der Waals surface area contributed by atoms with Crippen LogP contribution < -0.4 is 20.3 Å². The zero-order valence-electron chi connectivity index (χ0n) is 19.7. The number of hydrogen-bond donors (Lipinski definition) is 3. The summed E-state index contributed by atoms with van der Waals surface area (Å²) in [6, 6.07) is 14.4. The van der Waals surface area contributed by atoms with Gasteiger partial charge in [0.25, 0.3) is 11.8 Å². The van der Waals surface area contributed by atoms with Gasteiger partial charge in [-0.05, 0) is 42.2 Å². The molecule has 10 heteroatoms. The molecule has 36 heavy (non-hydrogen) atoms. The first-order valence-corrected chi connectivity index (χ1v) is 11.8. The third kappa shape index (κ3) is 5.43. The Bertz CT molecular complexity index is 1310. The molecular weight excluding hydrogens is 460 g/mol. The number of nitrogens with zero attached hydrogens (tertiary/aromatic N) is 3. The van der Waals surface area contributed by atoms with Crippen molar-refractivity contribution in [2.24, 2.45) is 0 Å². The average Bonchev–Trinajstić information content (AvgIpc) is 3.60. The Morgan fingerprint density at radius 1 is 1.17 bits per heavy atom. The lowest BCUT2D eigenvalue weighted by molar-refractivity contribution is -0.120. The zero-order valence-corrected chi connectivity index (χ0v) is 19.7. The minimum atomic E-state index is -0.922. The molecule has 1 saturated carbocycles. The van der Waals surface area contributed by atoms with Gasteiger partial charge in [-0.2, -0.15) is 0 Å². The Hall–Kier alpha value is -4.47. The molecule has 0 unspecified atom stereocenters. The van der Waals surface area contributed by atoms with E-state index in [1.807, 2.05) is 30.3 Å². The van der Waals surface area contributed by atoms with Crippen LogP contribution in [0.1, 0.15) is 40.4 Å². The van der Waals surface area contributed by atoms with Gasteiger partial charge in [0.1, 0.15) is 24.2 Å². The number of benzene rings is 2. The number of aromatic amines is 1. The summed E-state index contributed by atoms with van der Waals surface area (Å²) in [7, 11) is 1.62. The Morgan fingerprint density at radius 2 is 1.97 bits per heavy atom. The number of carbonyl (C=O) groups is 3. The van der Waals surface area contributed by atoms with E-state index in [9.17, 15) is 14.4 Å². The van der Waals surface area contributed by atoms with Gasteiger partial charge < -0.3 is 20.3 Å². The molecule has 2 heterocycles. The molecular formula is C26H26N6O4. The summed E-state index contributed by atoms with van der Waals surface area (Å²) in [6.45, 7) is -0.0395. The fourth-order valence-electron chi connectivity index (χ4n) is 3.86. The van der Waals surface area contributed by atoms with Crippen LogP contribution >= 0.6 is 0 Å². The van der Waals surface area contributed by atoms with E-state index in [0.29, 0.717) is 23.7 Å². The second kappa shape index (κ2) is 10.0. The molecule has 1 aliphatic carbocycles. The molecule has 1 aliphatic heterocycles. The highest BCUT2D eigenvalue weighted by atomic mass is 16.5. The summed E-state index contributed by atoms with van der Waals surface area (Å²) in [4.78, 5) is 43.5. The molecule has 184 valence electrons. The lowest BCUT2D eigenvalue weighted by Gasteiger charge is -2.20. The van der Waals surface area contributed by atoms with E-state index in [1.165, 1.54) is 11.0 Å². The monoisotopic (exact) mass is 486 g/mol. The molecule has 1 fully saturated rings. The normalized spacial score (nSPS) is 17.3. The van der Waals surface area contributed by atoms with Crippen LogP contribution in [0.4, 0.5) is 5.69 Å². The Balaban J connectivity index is 1.24. The van der Waals surface area contributed by atoms with Gasteiger partial charge in [-0.25, -0.2) is 4.98 Å². The summed E-state index contributed by atoms with van der Waals surface area (Å²) in [5.74, 6) is -0.0484. The third-order valence-corrected chi connectivity index (χ3v) is 5.98. The standard InChI is InChI=1S/C26H26N6O4/c1-32-20-13-17(8-12-23(33)27-18-9-10-18)7-11-21(20)36-15-19(26(32)35)28-25(34)24-29-22(30-31-24)14-16-5-3-2-4-6-16/h2-8,11-13,18-19H,9-10,14-15H2,1H3,(H,27,33)(H,28,34)(H,29,30,31)/b12-8+/t19-/m0/s1. The van der Waals surface area contributed by atoms with Crippen LogP contribution in [0.3, 0.4) is 0 Å². The van der Waals surface area contributed by atoms with Crippen molar-refractivity contribution in [1.29, 1.82) is 0 Å². The van der Waals surface area contributed by atoms with Gasteiger partial charge in [0, 0.05) is 25.6 Å². The van der Waals surface area contributed by atoms with Gasteiger partial charge in [-0.1, -0.05) is 36.4 Å². The zero-order chi connectivity index (χ0) is 25.1. The summed E-state index contributed by atoms with van der Waals surface area (Å²) in [6.07, 6.45) is 5.71. The molecule has 2 aliphatic rings. The maximum Gasteiger partial charge on any atom is 0.291 e. The Labute approximate surface area is 207 Å². The van der Waals surface area contributed by atoms with E-state index < -0.39 is 11.9 Å². The fourth-order valence-corrected chi connectivity index (χ4v) is 3.86. The van der Waals surface area contributed by atoms with Crippen LogP contribution in [0.15, 0.2) is 54.6 Å². The van der Waals surface area contributed by atoms with Crippen molar-refractivity contribution in [3.05, 3.63) is 77.4 Å². The largest absolute Gasteiger partial charge is 0.489 e. The minimum Gasteiger partial charge on any atom is -0.489 e. The second-order valence-corrected chi connectivity index (χ2v) is 8.85. The van der Waals surface area contributed by atoms with Gasteiger partial charge >= 0.3 is 0 Å². The van der Waals surface area contributed by atoms with E-state index in [4.69, 9.17) is 4.74 Å². The summed E-state index contributed by atoms with van der Waals surface area (Å²) in [5.41, 5.74) is 2.33. The lowest BCUT2D eigenvalue weighted by atomic mass is 10.1. The first-order chi connectivity index (χ1) is 17.5. The average molecular weight is 487 g/mol. The van der Waals surface area contributed by atoms with E-state index in [-0.39, 0.29) is 30.3 Å². The number of rotatable bonds is 7. The van der Waals surface area contributed by atoms with Gasteiger partial charge in [0.15, 0.2) is 0 Å². The molecule has 3 amide bonds. The SMILES string of the molecule is CN1C(=O)[C@@H](NC(=O)c2n[nH]c(Cc3ccccc3)n2)COc2ccc(/C=C/C(=O)NC3CC3)cc21. The van der Waals surface area contributed by atoms with Gasteiger partial charge in [-0.15, -0.1) is 5.10 Å². The number of ether oxygens (including phenoxy) is 1. The molecule has 1 atom stereocenters. The van der Waals surface area contributed by atoms with Crippen molar-refractivity contribution >= 4 is 29.5 Å². The topological polar surface area (TPSA) is 129 Å². The number of H-pyrrole nitrogens is 1. The van der Waals surface area contributed by atoms with Gasteiger partial charge in [0.05, 0.1) is 5.69 Å². The van der Waals surface area contributed by atoms with E-state index in [2.05, 4.69) is 25.8 Å². The number of carbonyl (C=O) groups excluding carboxylic acids is 3. The van der Waals surface area contributed by atoms with E-state index in [1.54, 1.807) is 31.3 Å². The second-order valence-electron chi connectivity index (χ2n) is 8.85. The third-order valence-electron chi connectivity index (χ3n) is 5.98. The number of likely N-dealkylation sites (N-methyl/N-ethyl adjacent to an activating group) is 1. The summed E-state index contributed by atoms with van der Waals surface area (Å²) in [5, 5.41) is 12.3. The quantitative estimate of drug-likeness (QED) is 0.437. The highest BCUT2D eigenvalue weighted by Crippen LogP contribution is 2.32. The molecule has 0 radical (unpaired) electrons. The van der Waals surface area contributed by atoms with Crippen LogP contribution in [0.25, 0.3) is 6.08 Å². The lowest BCUT2D eigenvalue weighted by Crippen LogP contribution is -2.49. The van der Waals surface area contributed by atoms with Crippen molar-refractivity contribution in [3.63, 3.8) is 0 Å². The van der Waals surface area contributed by atoms with Crippen molar-refractivity contribution in [3.8, 4) is 5.75 Å². The smallest absolute Gasteiger partial charge is 0.291 e. The Kier molecular flexibility index (Phi) is 6.48. The van der Waals surface area contributed by atoms with Crippen LogP contribution in [-0.4, -0.2) is 58.6 Å². The maximum atomic E-state index is 13.1. The van der Waals surface area contributed by atoms with Crippen molar-refractivity contribution in [2.45, 2.75) is 31.3 Å². The van der Waals surface area contributed by atoms with Crippen LogP contribution in [-0.2, 0) is 16.0 Å².